The Kier molecular flexibility index (Phi) is 8.82. The predicted octanol–water partition coefficient (Wildman–Crippen LogP) is 3.73. The second-order valence-electron chi connectivity index (χ2n) is 9.14. The third-order valence-electron chi connectivity index (χ3n) is 6.40. The molecule has 2 amide bonds. The molecule has 0 spiro atoms. The Hall–Kier alpha value is -4.09. The molecule has 0 radical (unpaired) electrons. The smallest absolute Gasteiger partial charge is 0.317 e. The maximum atomic E-state index is 12.7. The highest BCUT2D eigenvalue weighted by molar-refractivity contribution is 5.89. The lowest BCUT2D eigenvalue weighted by molar-refractivity contribution is 0.160. The summed E-state index contributed by atoms with van der Waals surface area (Å²) in [6, 6.07) is 12.2. The van der Waals surface area contributed by atoms with Gasteiger partial charge in [0, 0.05) is 56.2 Å². The van der Waals surface area contributed by atoms with Crippen LogP contribution in [0.2, 0.25) is 0 Å². The van der Waals surface area contributed by atoms with Crippen LogP contribution in [0.4, 0.5) is 15.0 Å². The summed E-state index contributed by atoms with van der Waals surface area (Å²) in [6.45, 7) is 5.70. The number of nitrogens with zero attached hydrogens (tertiary/aromatic N) is 6. The molecule has 1 saturated heterocycles. The number of aryl methyl sites for hydroxylation is 1. The number of para-hydroxylation sites is 1. The van der Waals surface area contributed by atoms with E-state index in [4.69, 9.17) is 10.5 Å². The van der Waals surface area contributed by atoms with Gasteiger partial charge in [0.25, 0.3) is 0 Å². The molecular formula is C27H33FN8O2. The molecule has 1 aliphatic heterocycles. The van der Waals surface area contributed by atoms with Crippen LogP contribution in [0.25, 0.3) is 16.9 Å². The number of carbonyl (C=O) groups excluding carboxylic acids is 1. The topological polar surface area (TPSA) is 116 Å². The summed E-state index contributed by atoms with van der Waals surface area (Å²) < 4.78 is 21.2. The molecule has 3 aromatic heterocycles. The lowest BCUT2D eigenvalue weighted by atomic mass is 10.0. The molecule has 1 aliphatic rings. The number of primary amides is 1. The summed E-state index contributed by atoms with van der Waals surface area (Å²) in [5.41, 5.74) is 9.58. The fourth-order valence-corrected chi connectivity index (χ4v) is 4.46. The summed E-state index contributed by atoms with van der Waals surface area (Å²) in [4.78, 5) is 17.8. The first-order valence-electron chi connectivity index (χ1n) is 12.4. The standard InChI is InChI=1S/C15H16N6O.C12H17FN2O/c1-10-13(11-8-17-20(2)9-11)19-21(14(10)18-15(16)22)12-6-4-3-5-7-12;1-16-7-6-15-5-4-10(9-15)12-3-2-11(13)8-14-12/h3-9H,1-2H3,(H3,16,18,22);2-3,8,10H,4-7,9H2,1H3/t;10-/m.0/s1. The van der Waals surface area contributed by atoms with Crippen LogP contribution in [-0.2, 0) is 11.8 Å². The molecule has 1 atom stereocenters. The molecule has 0 unspecified atom stereocenters. The van der Waals surface area contributed by atoms with E-state index >= 15 is 0 Å². The van der Waals surface area contributed by atoms with E-state index in [0.717, 1.165) is 60.9 Å². The second kappa shape index (κ2) is 12.4. The van der Waals surface area contributed by atoms with Gasteiger partial charge in [-0.15, -0.1) is 0 Å². The van der Waals surface area contributed by atoms with Crippen LogP contribution in [0.1, 0.15) is 23.6 Å². The highest BCUT2D eigenvalue weighted by Gasteiger charge is 2.24. The van der Waals surface area contributed by atoms with E-state index in [1.54, 1.807) is 28.7 Å². The van der Waals surface area contributed by atoms with Gasteiger partial charge in [-0.2, -0.15) is 10.2 Å². The van der Waals surface area contributed by atoms with Gasteiger partial charge in [0.05, 0.1) is 24.7 Å². The fourth-order valence-electron chi connectivity index (χ4n) is 4.46. The number of ether oxygens (including phenoxy) is 1. The van der Waals surface area contributed by atoms with Crippen LogP contribution in [0.3, 0.4) is 0 Å². The Bertz CT molecular complexity index is 1340. The van der Waals surface area contributed by atoms with E-state index < -0.39 is 6.03 Å². The average Bonchev–Trinajstić information content (AvgIpc) is 3.64. The zero-order valence-corrected chi connectivity index (χ0v) is 21.8. The predicted molar refractivity (Wildman–Crippen MR) is 144 cm³/mol. The zero-order chi connectivity index (χ0) is 27.1. The second-order valence-corrected chi connectivity index (χ2v) is 9.14. The normalized spacial score (nSPS) is 15.2. The zero-order valence-electron chi connectivity index (χ0n) is 21.8. The number of amides is 2. The van der Waals surface area contributed by atoms with Gasteiger partial charge in [-0.25, -0.2) is 13.9 Å². The number of anilines is 1. The van der Waals surface area contributed by atoms with Gasteiger partial charge in [0.2, 0.25) is 0 Å². The summed E-state index contributed by atoms with van der Waals surface area (Å²) in [5.74, 6) is 0.730. The summed E-state index contributed by atoms with van der Waals surface area (Å²) in [6.07, 6.45) is 6.01. The quantitative estimate of drug-likeness (QED) is 0.384. The molecule has 1 aromatic carbocycles. The van der Waals surface area contributed by atoms with Crippen molar-refractivity contribution in [3.8, 4) is 16.9 Å². The number of nitrogens with two attached hydrogens (primary N) is 1. The number of methoxy groups -OCH3 is 1. The van der Waals surface area contributed by atoms with E-state index in [9.17, 15) is 9.18 Å². The summed E-state index contributed by atoms with van der Waals surface area (Å²) in [5, 5.41) is 11.4. The van der Waals surface area contributed by atoms with E-state index in [1.165, 1.54) is 12.3 Å². The lowest BCUT2D eigenvalue weighted by Crippen LogP contribution is -2.24. The van der Waals surface area contributed by atoms with Crippen molar-refractivity contribution in [1.82, 2.24) is 29.4 Å². The molecule has 11 heteroatoms. The first-order valence-corrected chi connectivity index (χ1v) is 12.4. The minimum Gasteiger partial charge on any atom is -0.383 e. The van der Waals surface area contributed by atoms with Crippen LogP contribution in [0, 0.1) is 12.7 Å². The van der Waals surface area contributed by atoms with Crippen molar-refractivity contribution in [3.05, 3.63) is 78.1 Å². The maximum Gasteiger partial charge on any atom is 0.317 e. The molecule has 5 rings (SSSR count). The molecule has 0 bridgehead atoms. The molecule has 4 heterocycles. The number of rotatable bonds is 7. The van der Waals surface area contributed by atoms with Crippen LogP contribution in [0.5, 0.6) is 0 Å². The highest BCUT2D eigenvalue weighted by Crippen LogP contribution is 2.30. The van der Waals surface area contributed by atoms with Gasteiger partial charge >= 0.3 is 6.03 Å². The number of benzene rings is 1. The Balaban J connectivity index is 0.000000186. The van der Waals surface area contributed by atoms with Crippen molar-refractivity contribution >= 4 is 11.8 Å². The number of hydrogen-bond acceptors (Lipinski definition) is 6. The van der Waals surface area contributed by atoms with Crippen molar-refractivity contribution in [2.45, 2.75) is 19.3 Å². The molecule has 10 nitrogen and oxygen atoms in total. The minimum absolute atomic E-state index is 0.266. The Morgan fingerprint density at radius 2 is 2.00 bits per heavy atom. The van der Waals surface area contributed by atoms with Crippen LogP contribution in [-0.4, -0.2) is 68.8 Å². The van der Waals surface area contributed by atoms with Gasteiger partial charge in [0.15, 0.2) is 0 Å². The first kappa shape index (κ1) is 27.0. The van der Waals surface area contributed by atoms with E-state index in [1.807, 2.05) is 50.5 Å². The van der Waals surface area contributed by atoms with E-state index in [2.05, 4.69) is 25.4 Å². The SMILES string of the molecule is COCCN1CC[C@H](c2ccc(F)cn2)C1.Cc1c(-c2cnn(C)c2)nn(-c2ccccc2)c1NC(N)=O. The monoisotopic (exact) mass is 520 g/mol. The first-order chi connectivity index (χ1) is 18.4. The number of pyridine rings is 1. The molecule has 4 aromatic rings. The number of urea groups is 1. The maximum absolute atomic E-state index is 12.7. The Morgan fingerprint density at radius 1 is 1.21 bits per heavy atom. The number of halogens is 1. The number of carbonyl (C=O) groups is 1. The van der Waals surface area contributed by atoms with E-state index in [0.29, 0.717) is 11.7 Å². The van der Waals surface area contributed by atoms with Gasteiger partial charge in [-0.1, -0.05) is 18.2 Å². The summed E-state index contributed by atoms with van der Waals surface area (Å²) in [7, 11) is 3.56. The van der Waals surface area contributed by atoms with Crippen molar-refractivity contribution < 1.29 is 13.9 Å². The third-order valence-corrected chi connectivity index (χ3v) is 6.40. The average molecular weight is 521 g/mol. The van der Waals surface area contributed by atoms with Crippen molar-refractivity contribution in [2.24, 2.45) is 12.8 Å². The van der Waals surface area contributed by atoms with Gasteiger partial charge in [0.1, 0.15) is 17.3 Å². The Labute approximate surface area is 221 Å². The van der Waals surface area contributed by atoms with Crippen molar-refractivity contribution in [2.75, 3.05) is 38.7 Å². The van der Waals surface area contributed by atoms with Gasteiger partial charge in [-0.05, 0) is 44.2 Å². The highest BCUT2D eigenvalue weighted by atomic mass is 19.1. The lowest BCUT2D eigenvalue weighted by Gasteiger charge is -2.14. The number of aromatic nitrogens is 5. The molecule has 200 valence electrons. The largest absolute Gasteiger partial charge is 0.383 e. The number of hydrogen-bond donors (Lipinski definition) is 2. The molecule has 1 fully saturated rings. The Morgan fingerprint density at radius 3 is 2.63 bits per heavy atom. The molecular weight excluding hydrogens is 487 g/mol. The van der Waals surface area contributed by atoms with Gasteiger partial charge in [-0.3, -0.25) is 15.0 Å². The molecule has 3 N–H and O–H groups in total. The summed E-state index contributed by atoms with van der Waals surface area (Å²) >= 11 is 0. The fraction of sp³-hybridized carbons (Fsp3) is 0.333. The molecule has 0 saturated carbocycles. The number of nitrogens with one attached hydrogen (secondary N) is 1. The van der Waals surface area contributed by atoms with Crippen LogP contribution >= 0.6 is 0 Å². The van der Waals surface area contributed by atoms with E-state index in [-0.39, 0.29) is 5.82 Å². The van der Waals surface area contributed by atoms with Gasteiger partial charge < -0.3 is 15.4 Å². The van der Waals surface area contributed by atoms with Crippen LogP contribution in [0.15, 0.2) is 61.1 Å². The van der Waals surface area contributed by atoms with Crippen LogP contribution < -0.4 is 11.1 Å². The molecule has 38 heavy (non-hydrogen) atoms. The van der Waals surface area contributed by atoms with Crippen molar-refractivity contribution in [3.63, 3.8) is 0 Å². The minimum atomic E-state index is -0.627. The molecule has 0 aliphatic carbocycles. The number of likely N-dealkylation sites (tertiary alicyclic amines) is 1. The van der Waals surface area contributed by atoms with Crippen molar-refractivity contribution in [1.29, 1.82) is 0 Å². The third kappa shape index (κ3) is 6.61.